The second-order valence-electron chi connectivity index (χ2n) is 7.32. The molecule has 2 aliphatic rings. The summed E-state index contributed by atoms with van der Waals surface area (Å²) in [6.07, 6.45) is 13.0. The smallest absolute Gasteiger partial charge is 0.337 e. The second-order valence-corrected chi connectivity index (χ2v) is 7.32. The summed E-state index contributed by atoms with van der Waals surface area (Å²) in [5, 5.41) is 21.6. The highest BCUT2D eigenvalue weighted by Gasteiger charge is 2.20. The van der Waals surface area contributed by atoms with Gasteiger partial charge in [0.15, 0.2) is 6.10 Å². The number of hydrogen-bond donors (Lipinski definition) is 3. The topological polar surface area (TPSA) is 78.8 Å². The van der Waals surface area contributed by atoms with Crippen molar-refractivity contribution in [1.29, 1.82) is 0 Å². The first-order valence-electron chi connectivity index (χ1n) is 9.91. The number of ether oxygens (including phenoxy) is 1. The standard InChI is InChI=1S/C12H23N.C9H10O4/c1-3-7-11(8-4-1)13-12-9-5-2-6-10-12;1-13-7-5-3-2-4-6(7)8(10)9(11)12/h11-13H,1-10H2;2-5,8,10H,1H3,(H,11,12). The number of rotatable bonds is 5. The van der Waals surface area contributed by atoms with Crippen LogP contribution in [0.2, 0.25) is 0 Å². The molecule has 0 aliphatic heterocycles. The number of hydrogen-bond acceptors (Lipinski definition) is 4. The van der Waals surface area contributed by atoms with Crippen molar-refractivity contribution in [3.63, 3.8) is 0 Å². The summed E-state index contributed by atoms with van der Waals surface area (Å²) >= 11 is 0. The lowest BCUT2D eigenvalue weighted by molar-refractivity contribution is -0.147. The average Bonchev–Trinajstić information content (AvgIpc) is 2.69. The van der Waals surface area contributed by atoms with Crippen molar-refractivity contribution in [2.45, 2.75) is 82.4 Å². The Bertz CT molecular complexity index is 521. The van der Waals surface area contributed by atoms with Crippen molar-refractivity contribution in [3.8, 4) is 5.75 Å². The number of nitrogens with one attached hydrogen (secondary N) is 1. The molecule has 0 radical (unpaired) electrons. The molecule has 5 heteroatoms. The zero-order valence-corrected chi connectivity index (χ0v) is 15.8. The number of benzene rings is 1. The van der Waals surface area contributed by atoms with E-state index in [0.717, 1.165) is 12.1 Å². The zero-order chi connectivity index (χ0) is 18.8. The van der Waals surface area contributed by atoms with Crippen LogP contribution in [0.25, 0.3) is 0 Å². The average molecular weight is 363 g/mol. The van der Waals surface area contributed by atoms with E-state index >= 15 is 0 Å². The molecule has 0 heterocycles. The zero-order valence-electron chi connectivity index (χ0n) is 15.8. The number of carboxylic acids is 1. The Labute approximate surface area is 156 Å². The summed E-state index contributed by atoms with van der Waals surface area (Å²) in [6, 6.07) is 8.20. The third kappa shape index (κ3) is 6.61. The highest BCUT2D eigenvalue weighted by molar-refractivity contribution is 5.75. The van der Waals surface area contributed by atoms with Crippen LogP contribution in [0.4, 0.5) is 0 Å². The maximum absolute atomic E-state index is 10.5. The fourth-order valence-electron chi connectivity index (χ4n) is 3.90. The first kappa shape index (κ1) is 20.7. The van der Waals surface area contributed by atoms with E-state index in [2.05, 4.69) is 5.32 Å². The molecule has 2 aliphatic carbocycles. The minimum atomic E-state index is -1.53. The van der Waals surface area contributed by atoms with Gasteiger partial charge in [0.1, 0.15) is 5.75 Å². The Morgan fingerprint density at radius 3 is 1.96 bits per heavy atom. The van der Waals surface area contributed by atoms with Gasteiger partial charge in [0.2, 0.25) is 0 Å². The number of carbonyl (C=O) groups is 1. The molecular formula is C21H33NO4. The van der Waals surface area contributed by atoms with Gasteiger partial charge < -0.3 is 20.3 Å². The maximum atomic E-state index is 10.5. The molecule has 0 bridgehead atoms. The summed E-state index contributed by atoms with van der Waals surface area (Å²) < 4.78 is 4.89. The lowest BCUT2D eigenvalue weighted by Crippen LogP contribution is -2.40. The van der Waals surface area contributed by atoms with Crippen molar-refractivity contribution in [1.82, 2.24) is 5.32 Å². The Hall–Kier alpha value is -1.59. The van der Waals surface area contributed by atoms with Gasteiger partial charge in [-0.15, -0.1) is 0 Å². The van der Waals surface area contributed by atoms with Gasteiger partial charge in [-0.3, -0.25) is 0 Å². The van der Waals surface area contributed by atoms with Crippen LogP contribution in [0.5, 0.6) is 5.75 Å². The molecule has 1 unspecified atom stereocenters. The molecule has 0 amide bonds. The molecule has 3 N–H and O–H groups in total. The lowest BCUT2D eigenvalue weighted by Gasteiger charge is -2.30. The molecule has 26 heavy (non-hydrogen) atoms. The van der Waals surface area contributed by atoms with E-state index in [9.17, 15) is 9.90 Å². The third-order valence-electron chi connectivity index (χ3n) is 5.35. The van der Waals surface area contributed by atoms with Gasteiger partial charge in [-0.25, -0.2) is 4.79 Å². The third-order valence-corrected chi connectivity index (χ3v) is 5.35. The van der Waals surface area contributed by atoms with Crippen LogP contribution in [-0.4, -0.2) is 35.4 Å². The summed E-state index contributed by atoms with van der Waals surface area (Å²) in [5.74, 6) is -0.915. The molecule has 0 aromatic heterocycles. The molecule has 0 spiro atoms. The van der Waals surface area contributed by atoms with Gasteiger partial charge >= 0.3 is 5.97 Å². The predicted octanol–water partition coefficient (Wildman–Crippen LogP) is 4.05. The molecule has 0 saturated heterocycles. The van der Waals surface area contributed by atoms with Gasteiger partial charge in [0.25, 0.3) is 0 Å². The van der Waals surface area contributed by atoms with E-state index in [0.29, 0.717) is 5.75 Å². The molecule has 1 aromatic rings. The van der Waals surface area contributed by atoms with Gasteiger partial charge in [-0.1, -0.05) is 56.7 Å². The van der Waals surface area contributed by atoms with Crippen molar-refractivity contribution in [2.75, 3.05) is 7.11 Å². The van der Waals surface area contributed by atoms with Crippen LogP contribution >= 0.6 is 0 Å². The summed E-state index contributed by atoms with van der Waals surface area (Å²) in [4.78, 5) is 10.5. The van der Waals surface area contributed by atoms with E-state index in [1.165, 1.54) is 77.4 Å². The number of aliphatic carboxylic acids is 1. The monoisotopic (exact) mass is 363 g/mol. The van der Waals surface area contributed by atoms with E-state index in [4.69, 9.17) is 9.84 Å². The lowest BCUT2D eigenvalue weighted by atomic mass is 9.91. The maximum Gasteiger partial charge on any atom is 0.337 e. The number of aliphatic hydroxyl groups excluding tert-OH is 1. The fraction of sp³-hybridized carbons (Fsp3) is 0.667. The van der Waals surface area contributed by atoms with Crippen LogP contribution < -0.4 is 10.1 Å². The minimum absolute atomic E-state index is 0.262. The normalized spacial score (nSPS) is 19.9. The first-order valence-corrected chi connectivity index (χ1v) is 9.91. The molecule has 146 valence electrons. The molecule has 3 rings (SSSR count). The quantitative estimate of drug-likeness (QED) is 0.735. The second kappa shape index (κ2) is 11.2. The molecule has 2 saturated carbocycles. The highest BCUT2D eigenvalue weighted by Crippen LogP contribution is 2.24. The first-order chi connectivity index (χ1) is 12.6. The van der Waals surface area contributed by atoms with Crippen molar-refractivity contribution < 1.29 is 19.7 Å². The number of carboxylic acid groups (broad SMARTS) is 1. The molecule has 1 aromatic carbocycles. The van der Waals surface area contributed by atoms with Crippen LogP contribution in [0.1, 0.15) is 75.9 Å². The van der Waals surface area contributed by atoms with Gasteiger partial charge in [0, 0.05) is 17.6 Å². The molecule has 2 fully saturated rings. The summed E-state index contributed by atoms with van der Waals surface area (Å²) in [6.45, 7) is 0. The minimum Gasteiger partial charge on any atom is -0.496 e. The Balaban J connectivity index is 0.000000187. The highest BCUT2D eigenvalue weighted by atomic mass is 16.5. The van der Waals surface area contributed by atoms with Gasteiger partial charge in [0.05, 0.1) is 7.11 Å². The van der Waals surface area contributed by atoms with E-state index in [1.54, 1.807) is 18.2 Å². The SMILES string of the molecule is C1CCC(NC2CCCCC2)CC1.COc1ccccc1C(O)C(=O)O. The van der Waals surface area contributed by atoms with E-state index in [-0.39, 0.29) is 5.56 Å². The van der Waals surface area contributed by atoms with Crippen LogP contribution in [0.3, 0.4) is 0 Å². The number of aliphatic hydroxyl groups is 1. The number of methoxy groups -OCH3 is 1. The van der Waals surface area contributed by atoms with Crippen LogP contribution in [0, 0.1) is 0 Å². The molecular weight excluding hydrogens is 330 g/mol. The number of para-hydroxylation sites is 1. The molecule has 1 atom stereocenters. The van der Waals surface area contributed by atoms with E-state index in [1.807, 2.05) is 0 Å². The van der Waals surface area contributed by atoms with Crippen LogP contribution in [0.15, 0.2) is 24.3 Å². The summed E-state index contributed by atoms with van der Waals surface area (Å²) in [7, 11) is 1.42. The predicted molar refractivity (Wildman–Crippen MR) is 102 cm³/mol. The van der Waals surface area contributed by atoms with Crippen LogP contribution in [-0.2, 0) is 4.79 Å². The Morgan fingerprint density at radius 2 is 1.50 bits per heavy atom. The Morgan fingerprint density at radius 1 is 1.00 bits per heavy atom. The summed E-state index contributed by atoms with van der Waals surface area (Å²) in [5.41, 5.74) is 0.262. The molecule has 5 nitrogen and oxygen atoms in total. The van der Waals surface area contributed by atoms with E-state index < -0.39 is 12.1 Å². The van der Waals surface area contributed by atoms with Crippen molar-refractivity contribution >= 4 is 5.97 Å². The fourth-order valence-corrected chi connectivity index (χ4v) is 3.90. The van der Waals surface area contributed by atoms with Gasteiger partial charge in [-0.05, 0) is 31.7 Å². The van der Waals surface area contributed by atoms with Gasteiger partial charge in [-0.2, -0.15) is 0 Å². The van der Waals surface area contributed by atoms with Crippen molar-refractivity contribution in [2.24, 2.45) is 0 Å². The van der Waals surface area contributed by atoms with Crippen molar-refractivity contribution in [3.05, 3.63) is 29.8 Å². The largest absolute Gasteiger partial charge is 0.496 e. The Kier molecular flexibility index (Phi) is 8.92.